The van der Waals surface area contributed by atoms with Gasteiger partial charge in [0.1, 0.15) is 0 Å². The van der Waals surface area contributed by atoms with E-state index < -0.39 is 0 Å². The largest absolute Gasteiger partial charge is 0.193 e. The molecule has 0 radical (unpaired) electrons. The van der Waals surface area contributed by atoms with Gasteiger partial charge in [-0.25, -0.2) is 0 Å². The van der Waals surface area contributed by atoms with Crippen molar-refractivity contribution in [2.45, 2.75) is 71.1 Å². The number of nitriles is 1. The Morgan fingerprint density at radius 2 is 1.64 bits per heavy atom. The number of nitrogens with zero attached hydrogens (tertiary/aromatic N) is 1. The first-order valence-electron chi connectivity index (χ1n) is 10.1. The molecule has 0 atom stereocenters. The van der Waals surface area contributed by atoms with Gasteiger partial charge < -0.3 is 0 Å². The molecule has 1 saturated carbocycles. The van der Waals surface area contributed by atoms with Crippen LogP contribution in [-0.4, -0.2) is 0 Å². The lowest BCUT2D eigenvalue weighted by Gasteiger charge is -2.26. The van der Waals surface area contributed by atoms with Crippen molar-refractivity contribution in [3.63, 3.8) is 0 Å². The zero-order valence-electron chi connectivity index (χ0n) is 15.8. The van der Waals surface area contributed by atoms with E-state index in [2.05, 4.69) is 37.3 Å². The van der Waals surface area contributed by atoms with Crippen molar-refractivity contribution >= 4 is 0 Å². The second kappa shape index (κ2) is 11.7. The topological polar surface area (TPSA) is 23.8 Å². The van der Waals surface area contributed by atoms with Gasteiger partial charge in [-0.1, -0.05) is 68.7 Å². The highest BCUT2D eigenvalue weighted by Crippen LogP contribution is 2.32. The summed E-state index contributed by atoms with van der Waals surface area (Å²) in [7, 11) is 0. The van der Waals surface area contributed by atoms with Gasteiger partial charge in [-0.15, -0.1) is 0 Å². The smallest absolute Gasteiger partial charge is 0.0912 e. The van der Waals surface area contributed by atoms with Gasteiger partial charge in [0.15, 0.2) is 0 Å². The van der Waals surface area contributed by atoms with Gasteiger partial charge in [0.2, 0.25) is 0 Å². The highest BCUT2D eigenvalue weighted by molar-refractivity contribution is 5.22. The lowest BCUT2D eigenvalue weighted by Crippen LogP contribution is -2.13. The predicted octanol–water partition coefficient (Wildman–Crippen LogP) is 6.79. The minimum atomic E-state index is 0.723. The zero-order valence-corrected chi connectivity index (χ0v) is 15.8. The van der Waals surface area contributed by atoms with Crippen LogP contribution in [0, 0.1) is 23.2 Å². The van der Waals surface area contributed by atoms with Crippen LogP contribution >= 0.6 is 0 Å². The Morgan fingerprint density at radius 3 is 2.28 bits per heavy atom. The molecule has 0 unspecified atom stereocenters. The van der Waals surface area contributed by atoms with E-state index in [0.717, 1.165) is 11.8 Å². The van der Waals surface area contributed by atoms with Crippen LogP contribution in [0.2, 0.25) is 0 Å². The highest BCUT2D eigenvalue weighted by Gasteiger charge is 2.18. The summed E-state index contributed by atoms with van der Waals surface area (Å²) in [5.41, 5.74) is 2.97. The Kier molecular flexibility index (Phi) is 9.13. The molecule has 0 aliphatic heterocycles. The molecule has 134 valence electrons. The first kappa shape index (κ1) is 19.5. The predicted molar refractivity (Wildman–Crippen MR) is 107 cm³/mol. The zero-order chi connectivity index (χ0) is 17.7. The third-order valence-corrected chi connectivity index (χ3v) is 5.45. The van der Waals surface area contributed by atoms with Gasteiger partial charge >= 0.3 is 0 Å². The van der Waals surface area contributed by atoms with Crippen LogP contribution in [0.4, 0.5) is 0 Å². The molecule has 0 amide bonds. The molecule has 1 aliphatic rings. The summed E-state index contributed by atoms with van der Waals surface area (Å²) in [6, 6.07) is 11.3. The molecule has 2 rings (SSSR count). The lowest BCUT2D eigenvalue weighted by molar-refractivity contribution is 0.289. The van der Waals surface area contributed by atoms with Crippen molar-refractivity contribution in [2.75, 3.05) is 0 Å². The molecule has 1 nitrogen and oxygen atoms in total. The molecule has 0 bridgehead atoms. The summed E-state index contributed by atoms with van der Waals surface area (Å²) in [5.74, 6) is 1.66. The van der Waals surface area contributed by atoms with E-state index >= 15 is 0 Å². The Labute approximate surface area is 154 Å². The Morgan fingerprint density at radius 1 is 0.960 bits per heavy atom. The number of allylic oxidation sites excluding steroid dienone is 4. The minimum absolute atomic E-state index is 0.723. The lowest BCUT2D eigenvalue weighted by atomic mass is 9.79. The Hall–Kier alpha value is -1.81. The third kappa shape index (κ3) is 7.74. The van der Waals surface area contributed by atoms with E-state index in [1.165, 1.54) is 75.3 Å². The fraction of sp³-hybridized carbons (Fsp3) is 0.542. The summed E-state index contributed by atoms with van der Waals surface area (Å²) in [6.07, 6.45) is 20.9. The van der Waals surface area contributed by atoms with Crippen molar-refractivity contribution < 1.29 is 0 Å². The van der Waals surface area contributed by atoms with E-state index in [1.54, 1.807) is 6.08 Å². The summed E-state index contributed by atoms with van der Waals surface area (Å²) >= 11 is 0. The normalized spacial score (nSPS) is 21.0. The standard InChI is InChI=1S/C24H33N/c1-2-8-21-12-14-23(15-13-21)10-5-6-11-24-18-16-22(17-19-24)9-4-3-7-20-25/h3-4,7,9,12-15,22,24H,2,5-6,8,10-11,16-19H2,1H3/b7-3+,9-4+/t22-,24-. The molecule has 1 aromatic rings. The van der Waals surface area contributed by atoms with Gasteiger partial charge in [-0.3, -0.25) is 0 Å². The van der Waals surface area contributed by atoms with Crippen molar-refractivity contribution in [1.82, 2.24) is 0 Å². The van der Waals surface area contributed by atoms with Crippen LogP contribution in [0.25, 0.3) is 0 Å². The van der Waals surface area contributed by atoms with Crippen LogP contribution in [0.15, 0.2) is 48.6 Å². The number of benzene rings is 1. The summed E-state index contributed by atoms with van der Waals surface area (Å²) in [5, 5.41) is 8.48. The van der Waals surface area contributed by atoms with Gasteiger partial charge in [-0.2, -0.15) is 5.26 Å². The highest BCUT2D eigenvalue weighted by atomic mass is 14.2. The maximum absolute atomic E-state index is 8.48. The van der Waals surface area contributed by atoms with Crippen LogP contribution in [-0.2, 0) is 12.8 Å². The number of unbranched alkanes of at least 4 members (excludes halogenated alkanes) is 1. The molecular weight excluding hydrogens is 302 g/mol. The average molecular weight is 336 g/mol. The molecule has 1 fully saturated rings. The Balaban J connectivity index is 1.58. The van der Waals surface area contributed by atoms with Crippen molar-refractivity contribution in [3.05, 3.63) is 59.7 Å². The fourth-order valence-corrected chi connectivity index (χ4v) is 3.91. The second-order valence-electron chi connectivity index (χ2n) is 7.47. The monoisotopic (exact) mass is 335 g/mol. The van der Waals surface area contributed by atoms with E-state index in [1.807, 2.05) is 18.2 Å². The van der Waals surface area contributed by atoms with E-state index in [0.29, 0.717) is 0 Å². The molecule has 1 aliphatic carbocycles. The number of hydrogen-bond donors (Lipinski definition) is 0. The molecule has 0 saturated heterocycles. The number of hydrogen-bond acceptors (Lipinski definition) is 1. The van der Waals surface area contributed by atoms with Gasteiger partial charge in [-0.05, 0) is 67.9 Å². The van der Waals surface area contributed by atoms with E-state index in [4.69, 9.17) is 5.26 Å². The maximum atomic E-state index is 8.48. The minimum Gasteiger partial charge on any atom is -0.193 e. The molecule has 1 heteroatoms. The Bertz CT molecular complexity index is 565. The molecule has 0 aromatic heterocycles. The quantitative estimate of drug-likeness (QED) is 0.277. The summed E-state index contributed by atoms with van der Waals surface area (Å²) in [4.78, 5) is 0. The van der Waals surface area contributed by atoms with E-state index in [-0.39, 0.29) is 0 Å². The first-order valence-corrected chi connectivity index (χ1v) is 10.1. The molecule has 0 heterocycles. The van der Waals surface area contributed by atoms with Crippen LogP contribution in [0.3, 0.4) is 0 Å². The SMILES string of the molecule is CCCc1ccc(CCCC[C@H]2CC[C@H](/C=C/C=C/C#N)CC2)cc1. The average Bonchev–Trinajstić information content (AvgIpc) is 2.65. The van der Waals surface area contributed by atoms with E-state index in [9.17, 15) is 0 Å². The van der Waals surface area contributed by atoms with Crippen molar-refractivity contribution in [1.29, 1.82) is 5.26 Å². The number of aryl methyl sites for hydroxylation is 2. The maximum Gasteiger partial charge on any atom is 0.0912 e. The second-order valence-corrected chi connectivity index (χ2v) is 7.47. The molecular formula is C24H33N. The molecule has 25 heavy (non-hydrogen) atoms. The molecule has 0 N–H and O–H groups in total. The number of rotatable bonds is 9. The summed E-state index contributed by atoms with van der Waals surface area (Å²) in [6.45, 7) is 2.24. The molecule has 0 spiro atoms. The van der Waals surface area contributed by atoms with Crippen LogP contribution < -0.4 is 0 Å². The van der Waals surface area contributed by atoms with Gasteiger partial charge in [0.25, 0.3) is 0 Å². The van der Waals surface area contributed by atoms with Crippen molar-refractivity contribution in [3.8, 4) is 6.07 Å². The van der Waals surface area contributed by atoms with Crippen LogP contribution in [0.5, 0.6) is 0 Å². The van der Waals surface area contributed by atoms with Crippen LogP contribution in [0.1, 0.15) is 69.4 Å². The van der Waals surface area contributed by atoms with Gasteiger partial charge in [0, 0.05) is 6.08 Å². The van der Waals surface area contributed by atoms with Crippen molar-refractivity contribution in [2.24, 2.45) is 11.8 Å². The fourth-order valence-electron chi connectivity index (χ4n) is 3.91. The third-order valence-electron chi connectivity index (χ3n) is 5.45. The molecule has 1 aromatic carbocycles. The first-order chi connectivity index (χ1) is 12.3. The summed E-state index contributed by atoms with van der Waals surface area (Å²) < 4.78 is 0. The van der Waals surface area contributed by atoms with Gasteiger partial charge in [0.05, 0.1) is 6.07 Å².